The summed E-state index contributed by atoms with van der Waals surface area (Å²) in [4.78, 5) is 10.1. The zero-order valence-corrected chi connectivity index (χ0v) is 6.19. The first-order valence-corrected chi connectivity index (χ1v) is 3.72. The Morgan fingerprint density at radius 1 is 1.64 bits per heavy atom. The molecule has 1 rings (SSSR count). The van der Waals surface area contributed by atoms with E-state index in [1.807, 2.05) is 6.07 Å². The van der Waals surface area contributed by atoms with Crippen LogP contribution in [0.2, 0.25) is 0 Å². The molecule has 0 aromatic heterocycles. The van der Waals surface area contributed by atoms with Crippen LogP contribution in [0.1, 0.15) is 19.3 Å². The van der Waals surface area contributed by atoms with Gasteiger partial charge >= 0.3 is 0 Å². The zero-order chi connectivity index (χ0) is 8.10. The standard InChI is InChI=1S/C7H10N2O2/c8-5-6(9-10)7-3-1-2-4-11-7/h6-7H,1-4H2. The molecular formula is C7H10N2O2. The SMILES string of the molecule is N#CC(N=O)C1CCCCO1. The summed E-state index contributed by atoms with van der Waals surface area (Å²) < 4.78 is 5.21. The number of hydrogen-bond donors (Lipinski definition) is 0. The van der Waals surface area contributed by atoms with Gasteiger partial charge in [0.2, 0.25) is 6.04 Å². The average Bonchev–Trinajstić information content (AvgIpc) is 2.09. The number of nitrogens with zero attached hydrogens (tertiary/aromatic N) is 2. The molecule has 1 fully saturated rings. The van der Waals surface area contributed by atoms with Gasteiger partial charge in [-0.1, -0.05) is 0 Å². The summed E-state index contributed by atoms with van der Waals surface area (Å²) in [5.41, 5.74) is 0. The highest BCUT2D eigenvalue weighted by Gasteiger charge is 2.24. The van der Waals surface area contributed by atoms with E-state index in [0.717, 1.165) is 19.3 Å². The van der Waals surface area contributed by atoms with Crippen molar-refractivity contribution in [3.8, 4) is 6.07 Å². The molecule has 2 unspecified atom stereocenters. The number of nitriles is 1. The Hall–Kier alpha value is -0.950. The highest BCUT2D eigenvalue weighted by atomic mass is 16.5. The highest BCUT2D eigenvalue weighted by molar-refractivity contribution is 4.96. The fourth-order valence-electron chi connectivity index (χ4n) is 1.19. The van der Waals surface area contributed by atoms with Crippen LogP contribution in [0.4, 0.5) is 0 Å². The second kappa shape index (κ2) is 4.04. The molecule has 0 spiro atoms. The summed E-state index contributed by atoms with van der Waals surface area (Å²) in [5, 5.41) is 11.1. The van der Waals surface area contributed by atoms with E-state index in [1.54, 1.807) is 0 Å². The first-order valence-electron chi connectivity index (χ1n) is 3.72. The average molecular weight is 154 g/mol. The molecule has 1 aliphatic heterocycles. The molecule has 1 saturated heterocycles. The molecule has 4 nitrogen and oxygen atoms in total. The van der Waals surface area contributed by atoms with E-state index in [1.165, 1.54) is 0 Å². The van der Waals surface area contributed by atoms with Crippen molar-refractivity contribution in [3.63, 3.8) is 0 Å². The van der Waals surface area contributed by atoms with Gasteiger partial charge in [-0.2, -0.15) is 5.26 Å². The van der Waals surface area contributed by atoms with Gasteiger partial charge < -0.3 is 4.74 Å². The first-order chi connectivity index (χ1) is 5.38. The Kier molecular flexibility index (Phi) is 2.99. The number of hydrogen-bond acceptors (Lipinski definition) is 4. The van der Waals surface area contributed by atoms with Crippen molar-refractivity contribution in [2.24, 2.45) is 5.18 Å². The minimum absolute atomic E-state index is 0.258. The molecular weight excluding hydrogens is 144 g/mol. The smallest absolute Gasteiger partial charge is 0.204 e. The molecule has 0 saturated carbocycles. The lowest BCUT2D eigenvalue weighted by molar-refractivity contribution is 0.0106. The van der Waals surface area contributed by atoms with E-state index in [2.05, 4.69) is 5.18 Å². The van der Waals surface area contributed by atoms with Crippen molar-refractivity contribution in [1.82, 2.24) is 0 Å². The molecule has 0 N–H and O–H groups in total. The van der Waals surface area contributed by atoms with Gasteiger partial charge in [-0.3, -0.25) is 0 Å². The third kappa shape index (κ3) is 1.99. The van der Waals surface area contributed by atoms with Crippen molar-refractivity contribution < 1.29 is 4.74 Å². The minimum atomic E-state index is -0.810. The molecule has 0 aromatic rings. The van der Waals surface area contributed by atoms with Crippen LogP contribution in [0, 0.1) is 16.2 Å². The van der Waals surface area contributed by atoms with Gasteiger partial charge in [-0.05, 0) is 24.4 Å². The molecule has 11 heavy (non-hydrogen) atoms. The van der Waals surface area contributed by atoms with Crippen LogP contribution < -0.4 is 0 Å². The van der Waals surface area contributed by atoms with E-state index < -0.39 is 6.04 Å². The second-order valence-electron chi connectivity index (χ2n) is 2.58. The van der Waals surface area contributed by atoms with Crippen LogP contribution in [-0.2, 0) is 4.74 Å². The second-order valence-corrected chi connectivity index (χ2v) is 2.58. The molecule has 1 heterocycles. The van der Waals surface area contributed by atoms with Gasteiger partial charge in [-0.25, -0.2) is 0 Å². The number of rotatable bonds is 2. The highest BCUT2D eigenvalue weighted by Crippen LogP contribution is 2.17. The largest absolute Gasteiger partial charge is 0.375 e. The summed E-state index contributed by atoms with van der Waals surface area (Å²) in [5.74, 6) is 0. The lowest BCUT2D eigenvalue weighted by atomic mass is 10.0. The summed E-state index contributed by atoms with van der Waals surface area (Å²) >= 11 is 0. The monoisotopic (exact) mass is 154 g/mol. The normalized spacial score (nSPS) is 27.0. The Morgan fingerprint density at radius 3 is 2.91 bits per heavy atom. The first kappa shape index (κ1) is 8.15. The molecule has 0 bridgehead atoms. The van der Waals surface area contributed by atoms with Gasteiger partial charge in [-0.15, -0.1) is 4.91 Å². The fraction of sp³-hybridized carbons (Fsp3) is 0.857. The molecule has 0 amide bonds. The molecule has 60 valence electrons. The maximum atomic E-state index is 10.1. The number of nitroso groups, excluding NO2 is 1. The van der Waals surface area contributed by atoms with E-state index in [0.29, 0.717) is 6.61 Å². The van der Waals surface area contributed by atoms with Gasteiger partial charge in [0.15, 0.2) is 0 Å². The fourth-order valence-corrected chi connectivity index (χ4v) is 1.19. The minimum Gasteiger partial charge on any atom is -0.375 e. The van der Waals surface area contributed by atoms with Crippen molar-refractivity contribution in [3.05, 3.63) is 4.91 Å². The van der Waals surface area contributed by atoms with E-state index in [9.17, 15) is 4.91 Å². The Labute approximate surface area is 65.1 Å². The van der Waals surface area contributed by atoms with Crippen molar-refractivity contribution in [2.45, 2.75) is 31.4 Å². The van der Waals surface area contributed by atoms with Crippen LogP contribution in [0.15, 0.2) is 5.18 Å². The van der Waals surface area contributed by atoms with Crippen molar-refractivity contribution in [1.29, 1.82) is 5.26 Å². The van der Waals surface area contributed by atoms with Crippen molar-refractivity contribution in [2.75, 3.05) is 6.61 Å². The Morgan fingerprint density at radius 2 is 2.45 bits per heavy atom. The topological polar surface area (TPSA) is 62.5 Å². The molecule has 0 aliphatic carbocycles. The quantitative estimate of drug-likeness (QED) is 0.561. The Balaban J connectivity index is 2.44. The maximum Gasteiger partial charge on any atom is 0.204 e. The van der Waals surface area contributed by atoms with Gasteiger partial charge in [0.05, 0.1) is 12.2 Å². The number of ether oxygens (including phenoxy) is 1. The van der Waals surface area contributed by atoms with Crippen LogP contribution >= 0.6 is 0 Å². The predicted molar refractivity (Wildman–Crippen MR) is 38.8 cm³/mol. The third-order valence-electron chi connectivity index (χ3n) is 1.81. The van der Waals surface area contributed by atoms with E-state index in [-0.39, 0.29) is 6.10 Å². The van der Waals surface area contributed by atoms with Crippen LogP contribution in [0.3, 0.4) is 0 Å². The van der Waals surface area contributed by atoms with Gasteiger partial charge in [0.1, 0.15) is 0 Å². The van der Waals surface area contributed by atoms with Crippen LogP contribution in [0.25, 0.3) is 0 Å². The van der Waals surface area contributed by atoms with E-state index >= 15 is 0 Å². The molecule has 4 heteroatoms. The Bertz CT molecular complexity index is 170. The summed E-state index contributed by atoms with van der Waals surface area (Å²) in [6.07, 6.45) is 2.57. The lowest BCUT2D eigenvalue weighted by Crippen LogP contribution is -2.29. The van der Waals surface area contributed by atoms with Crippen molar-refractivity contribution >= 4 is 0 Å². The molecule has 0 aromatic carbocycles. The molecule has 0 radical (unpaired) electrons. The predicted octanol–water partition coefficient (Wildman–Crippen LogP) is 1.21. The van der Waals surface area contributed by atoms with E-state index in [4.69, 9.17) is 10.00 Å². The lowest BCUT2D eigenvalue weighted by Gasteiger charge is -2.22. The molecule has 2 atom stereocenters. The van der Waals surface area contributed by atoms with Gasteiger partial charge in [0, 0.05) is 6.61 Å². The van der Waals surface area contributed by atoms with Crippen LogP contribution in [-0.4, -0.2) is 18.8 Å². The molecule has 1 aliphatic rings. The van der Waals surface area contributed by atoms with Crippen LogP contribution in [0.5, 0.6) is 0 Å². The summed E-state index contributed by atoms with van der Waals surface area (Å²) in [7, 11) is 0. The summed E-state index contributed by atoms with van der Waals surface area (Å²) in [6, 6.07) is 1.01. The van der Waals surface area contributed by atoms with Gasteiger partial charge in [0.25, 0.3) is 0 Å². The maximum absolute atomic E-state index is 10.1. The zero-order valence-electron chi connectivity index (χ0n) is 6.19. The third-order valence-corrected chi connectivity index (χ3v) is 1.81. The summed E-state index contributed by atoms with van der Waals surface area (Å²) in [6.45, 7) is 0.651.